The molecule has 0 spiro atoms. The first kappa shape index (κ1) is 16.3. The van der Waals surface area contributed by atoms with E-state index in [-0.39, 0.29) is 0 Å². The Hall–Kier alpha value is -2.55. The first-order chi connectivity index (χ1) is 11.8. The summed E-state index contributed by atoms with van der Waals surface area (Å²) < 4.78 is 11.8. The van der Waals surface area contributed by atoms with Crippen LogP contribution in [-0.4, -0.2) is 18.2 Å². The Balaban J connectivity index is 1.53. The molecule has 1 aromatic heterocycles. The zero-order valence-corrected chi connectivity index (χ0v) is 14.2. The van der Waals surface area contributed by atoms with Crippen LogP contribution in [0.4, 0.5) is 0 Å². The molecule has 1 heterocycles. The lowest BCUT2D eigenvalue weighted by molar-refractivity contribution is 0.247. The minimum Gasteiger partial charge on any atom is -0.493 e. The summed E-state index contributed by atoms with van der Waals surface area (Å²) in [6.07, 6.45) is 2.62. The van der Waals surface area contributed by atoms with Gasteiger partial charge in [-0.1, -0.05) is 50.2 Å². The molecule has 0 aliphatic carbocycles. The number of pyridine rings is 1. The van der Waals surface area contributed by atoms with Crippen LogP contribution in [0.2, 0.25) is 0 Å². The fraction of sp³-hybridized carbons (Fsp3) is 0.286. The van der Waals surface area contributed by atoms with Crippen molar-refractivity contribution in [1.29, 1.82) is 0 Å². The Bertz CT molecular complexity index is 793. The fourth-order valence-corrected chi connectivity index (χ4v) is 2.70. The summed E-state index contributed by atoms with van der Waals surface area (Å²) >= 11 is 0. The van der Waals surface area contributed by atoms with E-state index in [2.05, 4.69) is 31.0 Å². The lowest BCUT2D eigenvalue weighted by Crippen LogP contribution is -2.06. The summed E-state index contributed by atoms with van der Waals surface area (Å²) in [6, 6.07) is 18.2. The predicted octanol–water partition coefficient (Wildman–Crippen LogP) is 5.21. The van der Waals surface area contributed by atoms with E-state index in [0.29, 0.717) is 19.1 Å². The number of fused-ring (bicyclic) bond motifs is 1. The molecule has 0 bridgehead atoms. The average Bonchev–Trinajstić information content (AvgIpc) is 2.62. The SMILES string of the molecule is CC(C)c1ccccc1OCCCOc1cccc2cccnc12. The van der Waals surface area contributed by atoms with E-state index in [1.54, 1.807) is 6.20 Å². The highest BCUT2D eigenvalue weighted by Crippen LogP contribution is 2.26. The van der Waals surface area contributed by atoms with Crippen LogP contribution in [0.15, 0.2) is 60.8 Å². The molecule has 0 unspecified atom stereocenters. The van der Waals surface area contributed by atoms with Crippen LogP contribution in [0, 0.1) is 0 Å². The van der Waals surface area contributed by atoms with Gasteiger partial charge in [-0.15, -0.1) is 0 Å². The smallest absolute Gasteiger partial charge is 0.145 e. The van der Waals surface area contributed by atoms with E-state index in [1.807, 2.05) is 42.5 Å². The maximum Gasteiger partial charge on any atom is 0.145 e. The fourth-order valence-electron chi connectivity index (χ4n) is 2.70. The van der Waals surface area contributed by atoms with Crippen LogP contribution in [0.1, 0.15) is 31.7 Å². The Morgan fingerprint density at radius 2 is 1.54 bits per heavy atom. The van der Waals surface area contributed by atoms with Gasteiger partial charge in [-0.3, -0.25) is 4.98 Å². The minimum absolute atomic E-state index is 0.458. The second-order valence-corrected chi connectivity index (χ2v) is 6.07. The van der Waals surface area contributed by atoms with Crippen LogP contribution in [0.25, 0.3) is 10.9 Å². The second kappa shape index (κ2) is 7.82. The first-order valence-corrected chi connectivity index (χ1v) is 8.44. The van der Waals surface area contributed by atoms with Crippen LogP contribution >= 0.6 is 0 Å². The summed E-state index contributed by atoms with van der Waals surface area (Å²) in [5.41, 5.74) is 2.16. The predicted molar refractivity (Wildman–Crippen MR) is 97.9 cm³/mol. The van der Waals surface area contributed by atoms with Crippen molar-refractivity contribution in [2.45, 2.75) is 26.2 Å². The van der Waals surface area contributed by atoms with Crippen molar-refractivity contribution in [1.82, 2.24) is 4.98 Å². The van der Waals surface area contributed by atoms with Gasteiger partial charge in [-0.2, -0.15) is 0 Å². The quantitative estimate of drug-likeness (QED) is 0.560. The van der Waals surface area contributed by atoms with Gasteiger partial charge in [0.2, 0.25) is 0 Å². The number of nitrogens with zero attached hydrogens (tertiary/aromatic N) is 1. The molecule has 0 fully saturated rings. The number of hydrogen-bond acceptors (Lipinski definition) is 3. The van der Waals surface area contributed by atoms with Crippen molar-refractivity contribution in [2.24, 2.45) is 0 Å². The Morgan fingerprint density at radius 3 is 2.38 bits per heavy atom. The molecule has 0 radical (unpaired) electrons. The van der Waals surface area contributed by atoms with Gasteiger partial charge in [-0.25, -0.2) is 0 Å². The van der Waals surface area contributed by atoms with Crippen LogP contribution in [0.3, 0.4) is 0 Å². The molecule has 24 heavy (non-hydrogen) atoms. The zero-order chi connectivity index (χ0) is 16.8. The molecule has 0 aliphatic rings. The summed E-state index contributed by atoms with van der Waals surface area (Å²) in [7, 11) is 0. The Morgan fingerprint density at radius 1 is 0.833 bits per heavy atom. The van der Waals surface area contributed by atoms with Crippen molar-refractivity contribution in [3.05, 3.63) is 66.4 Å². The highest BCUT2D eigenvalue weighted by molar-refractivity contribution is 5.84. The van der Waals surface area contributed by atoms with Crippen molar-refractivity contribution in [3.63, 3.8) is 0 Å². The molecule has 2 aromatic carbocycles. The third kappa shape index (κ3) is 3.85. The van der Waals surface area contributed by atoms with Crippen molar-refractivity contribution >= 4 is 10.9 Å². The van der Waals surface area contributed by atoms with Gasteiger partial charge < -0.3 is 9.47 Å². The van der Waals surface area contributed by atoms with E-state index in [1.165, 1.54) is 5.56 Å². The van der Waals surface area contributed by atoms with Gasteiger partial charge in [0.25, 0.3) is 0 Å². The Labute approximate surface area is 143 Å². The summed E-state index contributed by atoms with van der Waals surface area (Å²) in [6.45, 7) is 5.61. The Kier molecular flexibility index (Phi) is 5.32. The molecule has 0 aliphatic heterocycles. The molecule has 3 aromatic rings. The molecule has 0 saturated carbocycles. The van der Waals surface area contributed by atoms with Gasteiger partial charge in [0.05, 0.1) is 13.2 Å². The van der Waals surface area contributed by atoms with Crippen LogP contribution in [0.5, 0.6) is 11.5 Å². The first-order valence-electron chi connectivity index (χ1n) is 8.44. The number of rotatable bonds is 7. The van der Waals surface area contributed by atoms with Gasteiger partial charge in [0.1, 0.15) is 17.0 Å². The van der Waals surface area contributed by atoms with E-state index in [4.69, 9.17) is 9.47 Å². The molecular formula is C21H23NO2. The third-order valence-corrected chi connectivity index (χ3v) is 3.94. The monoisotopic (exact) mass is 321 g/mol. The largest absolute Gasteiger partial charge is 0.493 e. The van der Waals surface area contributed by atoms with Crippen LogP contribution < -0.4 is 9.47 Å². The van der Waals surface area contributed by atoms with E-state index in [0.717, 1.165) is 28.8 Å². The third-order valence-electron chi connectivity index (χ3n) is 3.94. The maximum atomic E-state index is 5.93. The highest BCUT2D eigenvalue weighted by atomic mass is 16.5. The number of aromatic nitrogens is 1. The molecule has 0 N–H and O–H groups in total. The van der Waals surface area contributed by atoms with Gasteiger partial charge >= 0.3 is 0 Å². The van der Waals surface area contributed by atoms with Crippen molar-refractivity contribution in [3.8, 4) is 11.5 Å². The van der Waals surface area contributed by atoms with Gasteiger partial charge in [0, 0.05) is 18.0 Å². The maximum absolute atomic E-state index is 5.93. The second-order valence-electron chi connectivity index (χ2n) is 6.07. The average molecular weight is 321 g/mol. The summed E-state index contributed by atoms with van der Waals surface area (Å²) in [5.74, 6) is 2.26. The van der Waals surface area contributed by atoms with E-state index >= 15 is 0 Å². The van der Waals surface area contributed by atoms with Crippen molar-refractivity contribution < 1.29 is 9.47 Å². The standard InChI is InChI=1S/C21H23NO2/c1-16(2)18-10-3-4-11-19(18)23-14-7-15-24-20-12-5-8-17-9-6-13-22-21(17)20/h3-6,8-13,16H,7,14-15H2,1-2H3. The highest BCUT2D eigenvalue weighted by Gasteiger charge is 2.07. The normalized spacial score (nSPS) is 11.0. The molecule has 3 heteroatoms. The molecule has 0 atom stereocenters. The lowest BCUT2D eigenvalue weighted by atomic mass is 10.0. The molecule has 3 rings (SSSR count). The van der Waals surface area contributed by atoms with E-state index < -0.39 is 0 Å². The number of benzene rings is 2. The minimum atomic E-state index is 0.458. The van der Waals surface area contributed by atoms with E-state index in [9.17, 15) is 0 Å². The topological polar surface area (TPSA) is 31.4 Å². The van der Waals surface area contributed by atoms with Crippen LogP contribution in [-0.2, 0) is 0 Å². The molecule has 0 saturated heterocycles. The zero-order valence-electron chi connectivity index (χ0n) is 14.2. The van der Waals surface area contributed by atoms with Gasteiger partial charge in [-0.05, 0) is 29.7 Å². The molecule has 0 amide bonds. The van der Waals surface area contributed by atoms with Gasteiger partial charge in [0.15, 0.2) is 0 Å². The molecule has 3 nitrogen and oxygen atoms in total. The summed E-state index contributed by atoms with van der Waals surface area (Å²) in [5, 5.41) is 1.09. The lowest BCUT2D eigenvalue weighted by Gasteiger charge is -2.14. The van der Waals surface area contributed by atoms with Crippen molar-refractivity contribution in [2.75, 3.05) is 13.2 Å². The number of para-hydroxylation sites is 2. The number of ether oxygens (including phenoxy) is 2. The molecular weight excluding hydrogens is 298 g/mol. The summed E-state index contributed by atoms with van der Waals surface area (Å²) in [4.78, 5) is 4.40. The molecule has 124 valence electrons. The number of hydrogen-bond donors (Lipinski definition) is 0.